The predicted molar refractivity (Wildman–Crippen MR) is 114 cm³/mol. The highest BCUT2D eigenvalue weighted by Gasteiger charge is 2.23. The minimum absolute atomic E-state index is 0.156. The maximum atomic E-state index is 12.7. The number of hydrogen-bond donors (Lipinski definition) is 1. The van der Waals surface area contributed by atoms with Gasteiger partial charge in [0, 0.05) is 23.2 Å². The van der Waals surface area contributed by atoms with Gasteiger partial charge in [-0.25, -0.2) is 0 Å². The summed E-state index contributed by atoms with van der Waals surface area (Å²) in [6, 6.07) is 19.4. The third kappa shape index (κ3) is 4.86. The third-order valence-corrected chi connectivity index (χ3v) is 5.60. The zero-order valence-corrected chi connectivity index (χ0v) is 16.9. The summed E-state index contributed by atoms with van der Waals surface area (Å²) in [6.07, 6.45) is 3.67. The lowest BCUT2D eigenvalue weighted by atomic mass is 10.0. The largest absolute Gasteiger partial charge is 0.355 e. The van der Waals surface area contributed by atoms with E-state index >= 15 is 0 Å². The third-order valence-electron chi connectivity index (χ3n) is 5.34. The minimum Gasteiger partial charge on any atom is -0.355 e. The molecule has 1 aliphatic rings. The summed E-state index contributed by atoms with van der Waals surface area (Å²) in [5.74, 6) is 0.314. The van der Waals surface area contributed by atoms with Gasteiger partial charge in [0.2, 0.25) is 0 Å². The molecule has 0 saturated carbocycles. The van der Waals surface area contributed by atoms with Gasteiger partial charge in [0.1, 0.15) is 0 Å². The number of likely N-dealkylation sites (tertiary alicyclic amines) is 1. The number of rotatable bonds is 6. The average Bonchev–Trinajstić information content (AvgIpc) is 3.26. The number of aromatic nitrogens is 1. The molecule has 2 heterocycles. The SMILES string of the molecule is O=C(NCC(c1ccccc1)N1CCCCC1)c1cc(-c2ccc(Cl)cc2)on1. The number of halogens is 1. The van der Waals surface area contributed by atoms with E-state index < -0.39 is 0 Å². The molecule has 0 bridgehead atoms. The molecule has 29 heavy (non-hydrogen) atoms. The Hall–Kier alpha value is -2.63. The van der Waals surface area contributed by atoms with Crippen LogP contribution < -0.4 is 5.32 Å². The summed E-state index contributed by atoms with van der Waals surface area (Å²) in [5, 5.41) is 7.64. The first kappa shape index (κ1) is 19.7. The van der Waals surface area contributed by atoms with Gasteiger partial charge in [-0.2, -0.15) is 0 Å². The molecule has 6 heteroatoms. The van der Waals surface area contributed by atoms with Crippen molar-refractivity contribution in [3.05, 3.63) is 76.9 Å². The van der Waals surface area contributed by atoms with Crippen LogP contribution in [-0.2, 0) is 0 Å². The van der Waals surface area contributed by atoms with Gasteiger partial charge in [0.05, 0.1) is 6.04 Å². The molecule has 150 valence electrons. The van der Waals surface area contributed by atoms with E-state index in [1.807, 2.05) is 30.3 Å². The van der Waals surface area contributed by atoms with Crippen molar-refractivity contribution < 1.29 is 9.32 Å². The van der Waals surface area contributed by atoms with Crippen LogP contribution in [0.4, 0.5) is 0 Å². The highest BCUT2D eigenvalue weighted by Crippen LogP contribution is 2.25. The highest BCUT2D eigenvalue weighted by atomic mass is 35.5. The summed E-state index contributed by atoms with van der Waals surface area (Å²) < 4.78 is 5.36. The Morgan fingerprint density at radius 2 is 1.79 bits per heavy atom. The van der Waals surface area contributed by atoms with Crippen LogP contribution in [0, 0.1) is 0 Å². The molecule has 1 atom stereocenters. The number of piperidine rings is 1. The predicted octanol–water partition coefficient (Wildman–Crippen LogP) is 4.95. The zero-order valence-electron chi connectivity index (χ0n) is 16.2. The molecule has 0 spiro atoms. The maximum absolute atomic E-state index is 12.7. The van der Waals surface area contributed by atoms with E-state index in [1.54, 1.807) is 18.2 Å². The lowest BCUT2D eigenvalue weighted by Gasteiger charge is -2.35. The van der Waals surface area contributed by atoms with Crippen LogP contribution in [0.3, 0.4) is 0 Å². The second-order valence-electron chi connectivity index (χ2n) is 7.32. The second-order valence-corrected chi connectivity index (χ2v) is 7.75. The Morgan fingerprint density at radius 1 is 1.07 bits per heavy atom. The van der Waals surface area contributed by atoms with Gasteiger partial charge in [0.25, 0.3) is 5.91 Å². The number of benzene rings is 2. The fourth-order valence-electron chi connectivity index (χ4n) is 3.78. The van der Waals surface area contributed by atoms with E-state index in [-0.39, 0.29) is 17.6 Å². The lowest BCUT2D eigenvalue weighted by molar-refractivity contribution is 0.0915. The van der Waals surface area contributed by atoms with Crippen molar-refractivity contribution in [1.29, 1.82) is 0 Å². The van der Waals surface area contributed by atoms with E-state index in [0.717, 1.165) is 18.7 Å². The van der Waals surface area contributed by atoms with Gasteiger partial charge in [0.15, 0.2) is 11.5 Å². The summed E-state index contributed by atoms with van der Waals surface area (Å²) in [6.45, 7) is 2.65. The summed E-state index contributed by atoms with van der Waals surface area (Å²) in [7, 11) is 0. The monoisotopic (exact) mass is 409 g/mol. The molecule has 1 N–H and O–H groups in total. The van der Waals surface area contributed by atoms with E-state index in [2.05, 4.69) is 27.5 Å². The normalized spacial score (nSPS) is 15.8. The topological polar surface area (TPSA) is 58.4 Å². The van der Waals surface area contributed by atoms with Crippen LogP contribution in [0.25, 0.3) is 11.3 Å². The van der Waals surface area contributed by atoms with Gasteiger partial charge in [-0.05, 0) is 55.8 Å². The molecular formula is C23H24ClN3O2. The first-order valence-corrected chi connectivity index (χ1v) is 10.4. The standard InChI is InChI=1S/C23H24ClN3O2/c24-19-11-9-18(10-12-19)22-15-20(26-29-22)23(28)25-16-21(17-7-3-1-4-8-17)27-13-5-2-6-14-27/h1,3-4,7-12,15,21H,2,5-6,13-14,16H2,(H,25,28). The molecule has 1 unspecified atom stereocenters. The van der Waals surface area contributed by atoms with E-state index in [9.17, 15) is 4.79 Å². The smallest absolute Gasteiger partial charge is 0.273 e. The van der Waals surface area contributed by atoms with Crippen LogP contribution in [0.2, 0.25) is 5.02 Å². The van der Waals surface area contributed by atoms with Crippen molar-refractivity contribution in [3.63, 3.8) is 0 Å². The van der Waals surface area contributed by atoms with Crippen LogP contribution in [0.5, 0.6) is 0 Å². The van der Waals surface area contributed by atoms with Crippen LogP contribution in [-0.4, -0.2) is 35.6 Å². The highest BCUT2D eigenvalue weighted by molar-refractivity contribution is 6.30. The Morgan fingerprint density at radius 3 is 2.52 bits per heavy atom. The summed E-state index contributed by atoms with van der Waals surface area (Å²) in [4.78, 5) is 15.1. The Kier molecular flexibility index (Phi) is 6.27. The molecule has 0 radical (unpaired) electrons. The van der Waals surface area contributed by atoms with Crippen LogP contribution >= 0.6 is 11.6 Å². The van der Waals surface area contributed by atoms with Crippen molar-refractivity contribution in [3.8, 4) is 11.3 Å². The molecule has 5 nitrogen and oxygen atoms in total. The van der Waals surface area contributed by atoms with Gasteiger partial charge in [-0.15, -0.1) is 0 Å². The molecular weight excluding hydrogens is 386 g/mol. The molecule has 1 amide bonds. The molecule has 1 aromatic heterocycles. The molecule has 0 aliphatic carbocycles. The molecule has 3 aromatic rings. The summed E-state index contributed by atoms with van der Waals surface area (Å²) >= 11 is 5.93. The fraction of sp³-hybridized carbons (Fsp3) is 0.304. The molecule has 2 aromatic carbocycles. The van der Waals surface area contributed by atoms with Gasteiger partial charge >= 0.3 is 0 Å². The fourth-order valence-corrected chi connectivity index (χ4v) is 3.90. The van der Waals surface area contributed by atoms with Crippen molar-refractivity contribution in [2.75, 3.05) is 19.6 Å². The second kappa shape index (κ2) is 9.25. The number of carbonyl (C=O) groups is 1. The van der Waals surface area contributed by atoms with Crippen molar-refractivity contribution >= 4 is 17.5 Å². The molecule has 1 fully saturated rings. The maximum Gasteiger partial charge on any atom is 0.273 e. The number of nitrogens with one attached hydrogen (secondary N) is 1. The van der Waals surface area contributed by atoms with Crippen molar-refractivity contribution in [2.24, 2.45) is 0 Å². The molecule has 1 saturated heterocycles. The van der Waals surface area contributed by atoms with Crippen LogP contribution in [0.1, 0.15) is 41.4 Å². The average molecular weight is 410 g/mol. The molecule has 1 aliphatic heterocycles. The van der Waals surface area contributed by atoms with Crippen molar-refractivity contribution in [1.82, 2.24) is 15.4 Å². The Balaban J connectivity index is 1.44. The first-order chi connectivity index (χ1) is 14.2. The number of amides is 1. The zero-order chi connectivity index (χ0) is 20.1. The first-order valence-electron chi connectivity index (χ1n) is 10.0. The van der Waals surface area contributed by atoms with Gasteiger partial charge in [-0.1, -0.05) is 53.5 Å². The minimum atomic E-state index is -0.230. The summed E-state index contributed by atoms with van der Waals surface area (Å²) in [5.41, 5.74) is 2.33. The van der Waals surface area contributed by atoms with Crippen molar-refractivity contribution in [2.45, 2.75) is 25.3 Å². The Bertz CT molecular complexity index is 934. The quantitative estimate of drug-likeness (QED) is 0.625. The van der Waals surface area contributed by atoms with Gasteiger partial charge in [-0.3, -0.25) is 9.69 Å². The van der Waals surface area contributed by atoms with E-state index in [0.29, 0.717) is 17.3 Å². The van der Waals surface area contributed by atoms with E-state index in [4.69, 9.17) is 16.1 Å². The van der Waals surface area contributed by atoms with Crippen LogP contribution in [0.15, 0.2) is 65.2 Å². The number of nitrogens with zero attached hydrogens (tertiary/aromatic N) is 2. The number of hydrogen-bond acceptors (Lipinski definition) is 4. The Labute approximate surface area is 175 Å². The van der Waals surface area contributed by atoms with Gasteiger partial charge < -0.3 is 9.84 Å². The number of carbonyl (C=O) groups excluding carboxylic acids is 1. The lowest BCUT2D eigenvalue weighted by Crippen LogP contribution is -2.40. The van der Waals surface area contributed by atoms with E-state index in [1.165, 1.54) is 24.8 Å². The molecule has 4 rings (SSSR count).